The fourth-order valence-corrected chi connectivity index (χ4v) is 5.61. The minimum absolute atomic E-state index is 0.195. The number of halogens is 1. The Kier molecular flexibility index (Phi) is 9.29. The van der Waals surface area contributed by atoms with E-state index in [4.69, 9.17) is 4.74 Å². The van der Waals surface area contributed by atoms with E-state index in [9.17, 15) is 14.3 Å². The quantitative estimate of drug-likeness (QED) is 0.329. The number of aryl methyl sites for hydroxylation is 2. The van der Waals surface area contributed by atoms with Gasteiger partial charge >= 0.3 is 5.97 Å². The van der Waals surface area contributed by atoms with Crippen LogP contribution in [0.15, 0.2) is 54.7 Å². The summed E-state index contributed by atoms with van der Waals surface area (Å²) < 4.78 is 18.5. The second-order valence-electron chi connectivity index (χ2n) is 10.0. The van der Waals surface area contributed by atoms with Crippen molar-refractivity contribution in [2.45, 2.75) is 51.4 Å². The number of pyridine rings is 1. The molecule has 192 valence electrons. The minimum Gasteiger partial charge on any atom is -0.497 e. The van der Waals surface area contributed by atoms with Gasteiger partial charge in [-0.05, 0) is 117 Å². The number of methoxy groups -OCH3 is 1. The molecule has 36 heavy (non-hydrogen) atoms. The first-order chi connectivity index (χ1) is 17.5. The standard InChI is InChI=1S/C30H37FN2O3/c1-36-27-12-13-29-28(20-27)24(15-17-32-29)6-2-5-23-16-19-33(21-25(23)9-14-30(34)35)18-3-4-22-7-10-26(31)11-8-22/h7-8,10-13,15,17,20,23,25H,2-6,9,14,16,18-19,21H2,1H3,(H,34,35)/t23-,25+/m1/s1. The number of carboxylic acid groups (broad SMARTS) is 1. The van der Waals surface area contributed by atoms with E-state index in [-0.39, 0.29) is 12.2 Å². The molecule has 0 bridgehead atoms. The normalized spacial score (nSPS) is 18.4. The SMILES string of the molecule is COc1ccc2nccc(CCC[C@@H]3CCN(CCCc4ccc(F)cc4)C[C@@H]3CCC(=O)O)c2c1. The number of likely N-dealkylation sites (tertiary alicyclic amines) is 1. The summed E-state index contributed by atoms with van der Waals surface area (Å²) in [4.78, 5) is 18.3. The zero-order valence-corrected chi connectivity index (χ0v) is 21.2. The highest BCUT2D eigenvalue weighted by atomic mass is 19.1. The number of fused-ring (bicyclic) bond motifs is 1. The zero-order chi connectivity index (χ0) is 25.3. The molecule has 4 rings (SSSR count). The van der Waals surface area contributed by atoms with E-state index in [1.54, 1.807) is 7.11 Å². The van der Waals surface area contributed by atoms with E-state index in [1.807, 2.05) is 30.5 Å². The lowest BCUT2D eigenvalue weighted by Gasteiger charge is -2.39. The van der Waals surface area contributed by atoms with Crippen molar-refractivity contribution < 1.29 is 19.0 Å². The van der Waals surface area contributed by atoms with Gasteiger partial charge in [-0.25, -0.2) is 4.39 Å². The zero-order valence-electron chi connectivity index (χ0n) is 21.2. The molecule has 5 nitrogen and oxygen atoms in total. The number of hydrogen-bond acceptors (Lipinski definition) is 4. The molecule has 0 amide bonds. The fraction of sp³-hybridized carbons (Fsp3) is 0.467. The maximum atomic E-state index is 13.1. The summed E-state index contributed by atoms with van der Waals surface area (Å²) in [6, 6.07) is 14.9. The van der Waals surface area contributed by atoms with Crippen LogP contribution in [-0.2, 0) is 17.6 Å². The van der Waals surface area contributed by atoms with Gasteiger partial charge in [0, 0.05) is 24.5 Å². The molecule has 2 atom stereocenters. The summed E-state index contributed by atoms with van der Waals surface area (Å²) in [5, 5.41) is 10.4. The average molecular weight is 493 g/mol. The van der Waals surface area contributed by atoms with E-state index < -0.39 is 5.97 Å². The van der Waals surface area contributed by atoms with Crippen LogP contribution in [-0.4, -0.2) is 47.7 Å². The van der Waals surface area contributed by atoms with Crippen molar-refractivity contribution in [3.8, 4) is 5.75 Å². The van der Waals surface area contributed by atoms with Crippen molar-refractivity contribution in [2.24, 2.45) is 11.8 Å². The monoisotopic (exact) mass is 492 g/mol. The largest absolute Gasteiger partial charge is 0.497 e. The van der Waals surface area contributed by atoms with Crippen molar-refractivity contribution in [3.63, 3.8) is 0 Å². The van der Waals surface area contributed by atoms with Crippen LogP contribution >= 0.6 is 0 Å². The highest BCUT2D eigenvalue weighted by Crippen LogP contribution is 2.32. The van der Waals surface area contributed by atoms with Gasteiger partial charge in [-0.3, -0.25) is 9.78 Å². The fourth-order valence-electron chi connectivity index (χ4n) is 5.61. The molecule has 1 saturated heterocycles. The Balaban J connectivity index is 1.31. The van der Waals surface area contributed by atoms with Crippen LogP contribution in [0.1, 0.15) is 49.7 Å². The Morgan fingerprint density at radius 3 is 2.69 bits per heavy atom. The topological polar surface area (TPSA) is 62.7 Å². The minimum atomic E-state index is -0.709. The van der Waals surface area contributed by atoms with Crippen molar-refractivity contribution >= 4 is 16.9 Å². The number of rotatable bonds is 12. The average Bonchev–Trinajstić information content (AvgIpc) is 2.89. The van der Waals surface area contributed by atoms with Crippen LogP contribution in [0.5, 0.6) is 5.75 Å². The van der Waals surface area contributed by atoms with Crippen molar-refractivity contribution in [1.82, 2.24) is 9.88 Å². The van der Waals surface area contributed by atoms with Gasteiger partial charge in [0.15, 0.2) is 0 Å². The van der Waals surface area contributed by atoms with E-state index in [2.05, 4.69) is 22.0 Å². The summed E-state index contributed by atoms with van der Waals surface area (Å²) >= 11 is 0. The molecule has 3 aromatic rings. The van der Waals surface area contributed by atoms with Gasteiger partial charge in [-0.15, -0.1) is 0 Å². The molecular weight excluding hydrogens is 455 g/mol. The Labute approximate surface area is 213 Å². The molecule has 0 spiro atoms. The summed E-state index contributed by atoms with van der Waals surface area (Å²) in [7, 11) is 1.68. The Hall–Kier alpha value is -2.99. The van der Waals surface area contributed by atoms with Gasteiger partial charge in [-0.2, -0.15) is 0 Å². The van der Waals surface area contributed by atoms with Gasteiger partial charge in [-0.1, -0.05) is 12.1 Å². The molecule has 1 N–H and O–H groups in total. The molecule has 0 unspecified atom stereocenters. The third-order valence-corrected chi connectivity index (χ3v) is 7.62. The molecule has 0 saturated carbocycles. The van der Waals surface area contributed by atoms with Crippen LogP contribution in [0.2, 0.25) is 0 Å². The second-order valence-corrected chi connectivity index (χ2v) is 10.0. The molecule has 1 aliphatic rings. The van der Waals surface area contributed by atoms with Crippen molar-refractivity contribution in [2.75, 3.05) is 26.7 Å². The number of carbonyl (C=O) groups is 1. The highest BCUT2D eigenvalue weighted by molar-refractivity contribution is 5.83. The first kappa shape index (κ1) is 26.1. The Morgan fingerprint density at radius 2 is 1.92 bits per heavy atom. The van der Waals surface area contributed by atoms with Gasteiger partial charge in [0.25, 0.3) is 0 Å². The van der Waals surface area contributed by atoms with Crippen LogP contribution in [0, 0.1) is 17.7 Å². The first-order valence-corrected chi connectivity index (χ1v) is 13.1. The lowest BCUT2D eigenvalue weighted by atomic mass is 9.79. The van der Waals surface area contributed by atoms with Gasteiger partial charge < -0.3 is 14.7 Å². The lowest BCUT2D eigenvalue weighted by Crippen LogP contribution is -2.41. The Bertz CT molecular complexity index is 1130. The first-order valence-electron chi connectivity index (χ1n) is 13.1. The number of aromatic nitrogens is 1. The van der Waals surface area contributed by atoms with Crippen molar-refractivity contribution in [1.29, 1.82) is 0 Å². The molecule has 1 fully saturated rings. The number of aliphatic carboxylic acids is 1. The molecular formula is C30H37FN2O3. The van der Waals surface area contributed by atoms with E-state index in [1.165, 1.54) is 17.7 Å². The van der Waals surface area contributed by atoms with Crippen LogP contribution in [0.3, 0.4) is 0 Å². The van der Waals surface area contributed by atoms with Gasteiger partial charge in [0.2, 0.25) is 0 Å². The van der Waals surface area contributed by atoms with Crippen LogP contribution < -0.4 is 4.74 Å². The highest BCUT2D eigenvalue weighted by Gasteiger charge is 2.29. The number of benzene rings is 2. The smallest absolute Gasteiger partial charge is 0.303 e. The maximum absolute atomic E-state index is 13.1. The van der Waals surface area contributed by atoms with Gasteiger partial charge in [0.1, 0.15) is 11.6 Å². The number of nitrogens with zero attached hydrogens (tertiary/aromatic N) is 2. The molecule has 1 aliphatic heterocycles. The second kappa shape index (κ2) is 12.8. The molecule has 0 aliphatic carbocycles. The number of carboxylic acids is 1. The maximum Gasteiger partial charge on any atom is 0.303 e. The summed E-state index contributed by atoms with van der Waals surface area (Å²) in [5.41, 5.74) is 3.44. The van der Waals surface area contributed by atoms with E-state index in [0.29, 0.717) is 11.8 Å². The Morgan fingerprint density at radius 1 is 1.08 bits per heavy atom. The number of piperidine rings is 1. The predicted molar refractivity (Wildman–Crippen MR) is 141 cm³/mol. The summed E-state index contributed by atoms with van der Waals surface area (Å²) in [5.74, 6) is 0.908. The van der Waals surface area contributed by atoms with Crippen LogP contribution in [0.25, 0.3) is 10.9 Å². The molecule has 0 radical (unpaired) electrons. The summed E-state index contributed by atoms with van der Waals surface area (Å²) in [6.07, 6.45) is 9.11. The summed E-state index contributed by atoms with van der Waals surface area (Å²) in [6.45, 7) is 3.03. The molecule has 2 heterocycles. The third-order valence-electron chi connectivity index (χ3n) is 7.62. The predicted octanol–water partition coefficient (Wildman–Crippen LogP) is 6.14. The van der Waals surface area contributed by atoms with Crippen molar-refractivity contribution in [3.05, 3.63) is 71.7 Å². The molecule has 6 heteroatoms. The van der Waals surface area contributed by atoms with E-state index >= 15 is 0 Å². The third kappa shape index (κ3) is 7.26. The van der Waals surface area contributed by atoms with Gasteiger partial charge in [0.05, 0.1) is 12.6 Å². The molecule has 2 aromatic carbocycles. The lowest BCUT2D eigenvalue weighted by molar-refractivity contribution is -0.137. The number of hydrogen-bond donors (Lipinski definition) is 1. The van der Waals surface area contributed by atoms with Crippen LogP contribution in [0.4, 0.5) is 4.39 Å². The molecule has 1 aromatic heterocycles. The number of ether oxygens (including phenoxy) is 1. The van der Waals surface area contributed by atoms with E-state index in [0.717, 1.165) is 86.8 Å².